The van der Waals surface area contributed by atoms with E-state index in [1.54, 1.807) is 6.20 Å². The normalized spacial score (nSPS) is 19.4. The largest absolute Gasteiger partial charge is 0.492 e. The molecular formula is C22H31ClN2O4. The number of nitrogens with zero attached hydrogens (tertiary/aromatic N) is 1. The van der Waals surface area contributed by atoms with Gasteiger partial charge in [-0.15, -0.1) is 0 Å². The van der Waals surface area contributed by atoms with Gasteiger partial charge >= 0.3 is 12.0 Å². The van der Waals surface area contributed by atoms with Crippen molar-refractivity contribution in [2.24, 2.45) is 11.8 Å². The molecule has 7 heteroatoms. The van der Waals surface area contributed by atoms with E-state index < -0.39 is 11.5 Å². The van der Waals surface area contributed by atoms with Gasteiger partial charge in [0.05, 0.1) is 23.6 Å². The van der Waals surface area contributed by atoms with Crippen LogP contribution in [0.3, 0.4) is 0 Å². The van der Waals surface area contributed by atoms with Crippen molar-refractivity contribution in [2.75, 3.05) is 13.2 Å². The van der Waals surface area contributed by atoms with Gasteiger partial charge in [0.15, 0.2) is 0 Å². The fourth-order valence-corrected chi connectivity index (χ4v) is 3.63. The van der Waals surface area contributed by atoms with Crippen LogP contribution in [0.15, 0.2) is 30.0 Å². The van der Waals surface area contributed by atoms with Gasteiger partial charge in [0.25, 0.3) is 0 Å². The number of nitrogens with one attached hydrogen (secondary N) is 1. The van der Waals surface area contributed by atoms with Crippen molar-refractivity contribution in [2.45, 2.75) is 53.0 Å². The van der Waals surface area contributed by atoms with Crippen LogP contribution in [0, 0.1) is 11.8 Å². The first-order valence-electron chi connectivity index (χ1n) is 10.00. The summed E-state index contributed by atoms with van der Waals surface area (Å²) in [5, 5.41) is 12.5. The number of ether oxygens (including phenoxy) is 1. The highest BCUT2D eigenvalue weighted by molar-refractivity contribution is 6.32. The molecule has 2 rings (SSSR count). The van der Waals surface area contributed by atoms with Crippen molar-refractivity contribution in [1.29, 1.82) is 0 Å². The molecule has 0 fully saturated rings. The Kier molecular flexibility index (Phi) is 7.58. The fraction of sp³-hybridized carbons (Fsp3) is 0.545. The third kappa shape index (κ3) is 5.66. The van der Waals surface area contributed by atoms with Crippen LogP contribution < -0.4 is 10.1 Å². The number of hydrogen-bond donors (Lipinski definition) is 2. The van der Waals surface area contributed by atoms with Crippen molar-refractivity contribution in [1.82, 2.24) is 10.2 Å². The maximum atomic E-state index is 12.6. The number of benzene rings is 1. The average Bonchev–Trinajstić information content (AvgIpc) is 2.61. The van der Waals surface area contributed by atoms with Crippen molar-refractivity contribution in [3.63, 3.8) is 0 Å². The minimum absolute atomic E-state index is 0.111. The Bertz CT molecular complexity index is 791. The third-order valence-corrected chi connectivity index (χ3v) is 5.44. The lowest BCUT2D eigenvalue weighted by molar-refractivity contribution is -0.137. The topological polar surface area (TPSA) is 78.9 Å². The van der Waals surface area contributed by atoms with Gasteiger partial charge in [-0.05, 0) is 48.4 Å². The number of rotatable bonds is 9. The highest BCUT2D eigenvalue weighted by atomic mass is 35.5. The molecule has 1 aliphatic rings. The molecule has 1 aromatic carbocycles. The number of carboxylic acid groups (broad SMARTS) is 1. The molecule has 0 radical (unpaired) electrons. The quantitative estimate of drug-likeness (QED) is 0.585. The predicted octanol–water partition coefficient (Wildman–Crippen LogP) is 5.02. The van der Waals surface area contributed by atoms with Crippen molar-refractivity contribution in [3.05, 3.63) is 40.6 Å². The first kappa shape index (κ1) is 23.1. The zero-order chi connectivity index (χ0) is 21.8. The van der Waals surface area contributed by atoms with Crippen LogP contribution in [0.1, 0.15) is 53.0 Å². The Morgan fingerprint density at radius 2 is 2.00 bits per heavy atom. The molecule has 0 spiro atoms. The molecule has 1 aliphatic heterocycles. The van der Waals surface area contributed by atoms with Gasteiger partial charge in [-0.3, -0.25) is 4.79 Å². The minimum Gasteiger partial charge on any atom is -0.492 e. The van der Waals surface area contributed by atoms with Crippen LogP contribution in [-0.2, 0) is 10.3 Å². The predicted molar refractivity (Wildman–Crippen MR) is 114 cm³/mol. The number of aliphatic carboxylic acids is 1. The Morgan fingerprint density at radius 3 is 2.55 bits per heavy atom. The van der Waals surface area contributed by atoms with Crippen LogP contribution in [-0.4, -0.2) is 35.2 Å². The average molecular weight is 423 g/mol. The highest BCUT2D eigenvalue weighted by Gasteiger charge is 2.39. The summed E-state index contributed by atoms with van der Waals surface area (Å²) in [6.45, 7) is 11.0. The molecule has 0 saturated heterocycles. The van der Waals surface area contributed by atoms with Crippen LogP contribution in [0.2, 0.25) is 5.02 Å². The number of halogens is 1. The third-order valence-electron chi connectivity index (χ3n) is 5.14. The van der Waals surface area contributed by atoms with Gasteiger partial charge in [0.2, 0.25) is 0 Å². The zero-order valence-corrected chi connectivity index (χ0v) is 18.5. The van der Waals surface area contributed by atoms with Crippen LogP contribution in [0.5, 0.6) is 5.75 Å². The van der Waals surface area contributed by atoms with Gasteiger partial charge < -0.3 is 20.1 Å². The molecule has 0 bridgehead atoms. The molecule has 0 saturated carbocycles. The summed E-state index contributed by atoms with van der Waals surface area (Å²) >= 11 is 6.47. The van der Waals surface area contributed by atoms with E-state index in [1.807, 2.05) is 39.0 Å². The van der Waals surface area contributed by atoms with E-state index in [9.17, 15) is 9.59 Å². The monoisotopic (exact) mass is 422 g/mol. The summed E-state index contributed by atoms with van der Waals surface area (Å²) in [7, 11) is 0. The molecular weight excluding hydrogens is 392 g/mol. The van der Waals surface area contributed by atoms with Gasteiger partial charge in [-0.25, -0.2) is 4.79 Å². The minimum atomic E-state index is -0.939. The van der Waals surface area contributed by atoms with Crippen molar-refractivity contribution >= 4 is 23.6 Å². The van der Waals surface area contributed by atoms with Gasteiger partial charge in [-0.1, -0.05) is 45.4 Å². The number of hydrogen-bond acceptors (Lipinski definition) is 3. The van der Waals surface area contributed by atoms with Crippen LogP contribution in [0.25, 0.3) is 0 Å². The Balaban J connectivity index is 2.31. The number of carboxylic acids is 1. The van der Waals surface area contributed by atoms with E-state index in [-0.39, 0.29) is 24.9 Å². The molecule has 29 heavy (non-hydrogen) atoms. The highest BCUT2D eigenvalue weighted by Crippen LogP contribution is 2.39. The molecule has 0 aromatic heterocycles. The molecule has 2 amide bonds. The lowest BCUT2D eigenvalue weighted by Crippen LogP contribution is -2.54. The second kappa shape index (κ2) is 9.53. The zero-order valence-electron chi connectivity index (χ0n) is 17.8. The molecule has 160 valence electrons. The summed E-state index contributed by atoms with van der Waals surface area (Å²) in [5.74, 6) is 0.367. The van der Waals surface area contributed by atoms with Gasteiger partial charge in [-0.2, -0.15) is 0 Å². The fourth-order valence-electron chi connectivity index (χ4n) is 3.39. The maximum absolute atomic E-state index is 12.6. The van der Waals surface area contributed by atoms with E-state index in [4.69, 9.17) is 21.4 Å². The summed E-state index contributed by atoms with van der Waals surface area (Å²) in [6, 6.07) is 5.26. The van der Waals surface area contributed by atoms with E-state index in [0.29, 0.717) is 23.3 Å². The molecule has 0 unspecified atom stereocenters. The first-order valence-corrected chi connectivity index (χ1v) is 10.4. The molecule has 0 aliphatic carbocycles. The lowest BCUT2D eigenvalue weighted by atomic mass is 9.78. The van der Waals surface area contributed by atoms with E-state index in [0.717, 1.165) is 17.6 Å². The van der Waals surface area contributed by atoms with Crippen molar-refractivity contribution in [3.8, 4) is 5.75 Å². The molecule has 1 aromatic rings. The number of urea groups is 1. The molecule has 6 nitrogen and oxygen atoms in total. The van der Waals surface area contributed by atoms with Crippen molar-refractivity contribution < 1.29 is 19.4 Å². The van der Waals surface area contributed by atoms with E-state index in [2.05, 4.69) is 19.2 Å². The summed E-state index contributed by atoms with van der Waals surface area (Å²) in [5.41, 5.74) is 1.09. The Labute approximate surface area is 177 Å². The van der Waals surface area contributed by atoms with Gasteiger partial charge in [0, 0.05) is 12.7 Å². The smallest absolute Gasteiger partial charge is 0.322 e. The van der Waals surface area contributed by atoms with E-state index in [1.165, 1.54) is 4.90 Å². The lowest BCUT2D eigenvalue weighted by Gasteiger charge is -2.42. The van der Waals surface area contributed by atoms with Gasteiger partial charge in [0.1, 0.15) is 5.75 Å². The second-order valence-corrected chi connectivity index (χ2v) is 8.71. The summed E-state index contributed by atoms with van der Waals surface area (Å²) in [6.07, 6.45) is 2.60. The summed E-state index contributed by atoms with van der Waals surface area (Å²) < 4.78 is 5.79. The molecule has 2 N–H and O–H groups in total. The SMILES string of the molecule is CC(C)CCOc1ccc([C@]2(C)NC(=O)N(CCC(=O)O)C=C2C(C)C)cc1Cl. The maximum Gasteiger partial charge on any atom is 0.322 e. The Morgan fingerprint density at radius 1 is 1.31 bits per heavy atom. The van der Waals surface area contributed by atoms with E-state index >= 15 is 0 Å². The number of amides is 2. The Hall–Kier alpha value is -2.21. The summed E-state index contributed by atoms with van der Waals surface area (Å²) in [4.78, 5) is 25.0. The first-order chi connectivity index (χ1) is 13.5. The number of carbonyl (C=O) groups excluding carboxylic acids is 1. The number of carbonyl (C=O) groups is 2. The van der Waals surface area contributed by atoms with Crippen LogP contribution >= 0.6 is 11.6 Å². The standard InChI is InChI=1S/C22H31ClN2O4/c1-14(2)9-11-29-19-7-6-16(12-18(19)23)22(5)17(15(3)4)13-25(21(28)24-22)10-8-20(26)27/h6-7,12-15H,8-11H2,1-5H3,(H,24,28)(H,26,27)/t22-/m0/s1. The van der Waals surface area contributed by atoms with Crippen LogP contribution in [0.4, 0.5) is 4.79 Å². The second-order valence-electron chi connectivity index (χ2n) is 8.31. The molecule has 1 heterocycles. The molecule has 1 atom stereocenters.